The van der Waals surface area contributed by atoms with Gasteiger partial charge in [-0.05, 0) is 45.7 Å². The van der Waals surface area contributed by atoms with Crippen molar-refractivity contribution in [3.63, 3.8) is 0 Å². The molecule has 1 unspecified atom stereocenters. The fraction of sp³-hybridized carbons (Fsp3) is 0.867. The maximum atomic E-state index is 12.6. The van der Waals surface area contributed by atoms with E-state index in [1.165, 1.54) is 11.9 Å². The number of aliphatic hydroxyl groups is 4. The van der Waals surface area contributed by atoms with Crippen LogP contribution in [0.2, 0.25) is 0 Å². The normalized spacial score (nSPS) is 25.3. The van der Waals surface area contributed by atoms with E-state index in [1.54, 1.807) is 0 Å². The zero-order valence-corrected chi connectivity index (χ0v) is 14.4. The van der Waals surface area contributed by atoms with E-state index in [-0.39, 0.29) is 31.8 Å². The molecular weight excluding hydrogens is 332 g/mol. The minimum atomic E-state index is -2.35. The fourth-order valence-electron chi connectivity index (χ4n) is 3.88. The third-order valence-electron chi connectivity index (χ3n) is 5.66. The molecule has 2 amide bonds. The van der Waals surface area contributed by atoms with Crippen molar-refractivity contribution in [1.29, 1.82) is 0 Å². The van der Waals surface area contributed by atoms with Crippen LogP contribution in [0.5, 0.6) is 0 Å². The van der Waals surface area contributed by atoms with Crippen molar-refractivity contribution >= 4 is 12.3 Å². The van der Waals surface area contributed by atoms with Gasteiger partial charge < -0.3 is 36.4 Å². The molecule has 0 aliphatic carbocycles. The number of carbonyl (C=O) groups excluding carboxylic acids is 2. The molecule has 10 heteroatoms. The van der Waals surface area contributed by atoms with Crippen molar-refractivity contribution in [3.8, 4) is 0 Å². The van der Waals surface area contributed by atoms with Gasteiger partial charge in [0.25, 0.3) is 0 Å². The lowest BCUT2D eigenvalue weighted by molar-refractivity contribution is -0.559. The maximum Gasteiger partial charge on any atom is 0.245 e. The quantitative estimate of drug-likeness (QED) is 0.160. The molecule has 2 heterocycles. The molecule has 144 valence electrons. The van der Waals surface area contributed by atoms with Gasteiger partial charge in [0.05, 0.1) is 0 Å². The van der Waals surface area contributed by atoms with Crippen LogP contribution >= 0.6 is 0 Å². The van der Waals surface area contributed by atoms with E-state index in [0.29, 0.717) is 30.7 Å². The van der Waals surface area contributed by atoms with Crippen LogP contribution in [0, 0.1) is 5.41 Å². The molecule has 0 bridgehead atoms. The largest absolute Gasteiger partial charge is 0.353 e. The molecule has 0 saturated carbocycles. The third-order valence-corrected chi connectivity index (χ3v) is 5.66. The molecule has 0 radical (unpaired) electrons. The Morgan fingerprint density at radius 2 is 1.76 bits per heavy atom. The van der Waals surface area contributed by atoms with Crippen LogP contribution in [-0.2, 0) is 9.59 Å². The summed E-state index contributed by atoms with van der Waals surface area (Å²) in [5, 5.41) is 43.1. The summed E-state index contributed by atoms with van der Waals surface area (Å²) < 4.78 is 0. The predicted molar refractivity (Wildman–Crippen MR) is 86.2 cm³/mol. The molecule has 25 heavy (non-hydrogen) atoms. The second kappa shape index (κ2) is 7.14. The summed E-state index contributed by atoms with van der Waals surface area (Å²) in [6.07, 6.45) is 2.42. The molecule has 2 aliphatic rings. The number of rotatable bonds is 7. The molecule has 1 spiro atoms. The number of carbonyl (C=O) groups is 2. The number of hydrogen-bond acceptors (Lipinski definition) is 8. The lowest BCUT2D eigenvalue weighted by Crippen LogP contribution is -2.87. The van der Waals surface area contributed by atoms with Gasteiger partial charge in [-0.3, -0.25) is 9.59 Å². The van der Waals surface area contributed by atoms with Crippen LogP contribution in [0.4, 0.5) is 0 Å². The first-order chi connectivity index (χ1) is 11.7. The summed E-state index contributed by atoms with van der Waals surface area (Å²) >= 11 is 0. The van der Waals surface area contributed by atoms with Crippen molar-refractivity contribution in [1.82, 2.24) is 15.1 Å². The average molecular weight is 360 g/mol. The topological polar surface area (TPSA) is 160 Å². The minimum absolute atomic E-state index is 0.0136. The van der Waals surface area contributed by atoms with Crippen molar-refractivity contribution in [2.45, 2.75) is 50.0 Å². The van der Waals surface area contributed by atoms with E-state index in [1.807, 2.05) is 0 Å². The number of unbranched alkanes of at least 4 members (excludes halogenated alkanes) is 1. The first kappa shape index (κ1) is 20.0. The standard InChI is InChI=1S/C15H28N4O6/c1-18-14(22,23)13(15(18,24)25)5-8-19(9-6-13)12(21)11(17-10-20)4-2-3-7-16/h10-11,22-25H,2-9,16H2,1H3,(H,17,20). The Labute approximate surface area is 146 Å². The molecule has 2 rings (SSSR count). The summed E-state index contributed by atoms with van der Waals surface area (Å²) in [4.78, 5) is 25.5. The van der Waals surface area contributed by atoms with E-state index < -0.39 is 23.3 Å². The Kier molecular flexibility index (Phi) is 5.71. The Morgan fingerprint density at radius 3 is 2.24 bits per heavy atom. The van der Waals surface area contributed by atoms with Crippen LogP contribution in [0.3, 0.4) is 0 Å². The second-order valence-corrected chi connectivity index (χ2v) is 6.86. The molecule has 10 nitrogen and oxygen atoms in total. The first-order valence-electron chi connectivity index (χ1n) is 8.47. The Bertz CT molecular complexity index is 486. The average Bonchev–Trinajstić information content (AvgIpc) is 2.59. The van der Waals surface area contributed by atoms with Crippen LogP contribution in [-0.4, -0.2) is 87.1 Å². The Balaban J connectivity index is 2.01. The van der Waals surface area contributed by atoms with Crippen molar-refractivity contribution in [3.05, 3.63) is 0 Å². The molecule has 7 N–H and O–H groups in total. The van der Waals surface area contributed by atoms with E-state index in [4.69, 9.17) is 5.73 Å². The Morgan fingerprint density at radius 1 is 1.20 bits per heavy atom. The van der Waals surface area contributed by atoms with Gasteiger partial charge in [-0.15, -0.1) is 0 Å². The van der Waals surface area contributed by atoms with Crippen LogP contribution < -0.4 is 11.1 Å². The highest BCUT2D eigenvalue weighted by molar-refractivity contribution is 5.83. The van der Waals surface area contributed by atoms with Crippen LogP contribution in [0.25, 0.3) is 0 Å². The molecule has 0 aromatic heterocycles. The van der Waals surface area contributed by atoms with E-state index in [2.05, 4.69) is 5.32 Å². The maximum absolute atomic E-state index is 12.6. The monoisotopic (exact) mass is 360 g/mol. The summed E-state index contributed by atoms with van der Waals surface area (Å²) in [6.45, 7) is 0.768. The number of hydrogen-bond donors (Lipinski definition) is 6. The minimum Gasteiger partial charge on any atom is -0.353 e. The summed E-state index contributed by atoms with van der Waals surface area (Å²) in [6, 6.07) is -0.664. The zero-order chi connectivity index (χ0) is 18.9. The number of nitrogens with two attached hydrogens (primary N) is 1. The molecule has 0 aromatic rings. The number of nitrogens with zero attached hydrogens (tertiary/aromatic N) is 2. The van der Waals surface area contributed by atoms with E-state index >= 15 is 0 Å². The van der Waals surface area contributed by atoms with Crippen LogP contribution in [0.1, 0.15) is 32.1 Å². The van der Waals surface area contributed by atoms with Gasteiger partial charge in [0.15, 0.2) is 0 Å². The highest BCUT2D eigenvalue weighted by atomic mass is 16.6. The lowest BCUT2D eigenvalue weighted by atomic mass is 9.64. The number of piperidine rings is 1. The van der Waals surface area contributed by atoms with E-state index in [9.17, 15) is 30.0 Å². The van der Waals surface area contributed by atoms with Crippen LogP contribution in [0.15, 0.2) is 0 Å². The molecule has 2 fully saturated rings. The van der Waals surface area contributed by atoms with Gasteiger partial charge in [0.1, 0.15) is 11.5 Å². The second-order valence-electron chi connectivity index (χ2n) is 6.86. The first-order valence-corrected chi connectivity index (χ1v) is 8.47. The van der Waals surface area contributed by atoms with Gasteiger partial charge in [-0.25, -0.2) is 4.90 Å². The van der Waals surface area contributed by atoms with Crippen molar-refractivity contribution in [2.75, 3.05) is 26.7 Å². The third kappa shape index (κ3) is 3.03. The number of nitrogens with one attached hydrogen (secondary N) is 1. The van der Waals surface area contributed by atoms with Gasteiger partial charge in [0.2, 0.25) is 24.1 Å². The summed E-state index contributed by atoms with van der Waals surface area (Å²) in [5.41, 5.74) is 3.89. The van der Waals surface area contributed by atoms with Crippen molar-refractivity contribution < 1.29 is 30.0 Å². The number of amides is 2. The Hall–Kier alpha value is -1.30. The molecule has 1 atom stereocenters. The summed E-state index contributed by atoms with van der Waals surface area (Å²) in [5.74, 6) is -4.98. The van der Waals surface area contributed by atoms with Gasteiger partial charge >= 0.3 is 0 Å². The highest BCUT2D eigenvalue weighted by Crippen LogP contribution is 2.59. The summed E-state index contributed by atoms with van der Waals surface area (Å²) in [7, 11) is 1.20. The van der Waals surface area contributed by atoms with Crippen molar-refractivity contribution in [2.24, 2.45) is 11.1 Å². The number of likely N-dealkylation sites (tertiary alicyclic amines) is 2. The molecular formula is C15H28N4O6. The predicted octanol–water partition coefficient (Wildman–Crippen LogP) is -2.94. The molecule has 2 saturated heterocycles. The smallest absolute Gasteiger partial charge is 0.245 e. The SMILES string of the molecule is CN1C(O)(O)C2(CCN(C(=O)C(CCCCN)NC=O)CC2)C1(O)O. The fourth-order valence-corrected chi connectivity index (χ4v) is 3.88. The zero-order valence-electron chi connectivity index (χ0n) is 14.4. The van der Waals surface area contributed by atoms with Gasteiger partial charge in [-0.2, -0.15) is 0 Å². The highest BCUT2D eigenvalue weighted by Gasteiger charge is 2.78. The van der Waals surface area contributed by atoms with Gasteiger partial charge in [-0.1, -0.05) is 0 Å². The molecule has 2 aliphatic heterocycles. The molecule has 0 aromatic carbocycles. The van der Waals surface area contributed by atoms with E-state index in [0.717, 1.165) is 6.42 Å². The lowest BCUT2D eigenvalue weighted by Gasteiger charge is -2.67. The van der Waals surface area contributed by atoms with Gasteiger partial charge in [0, 0.05) is 13.1 Å².